The van der Waals surface area contributed by atoms with Crippen molar-refractivity contribution in [3.63, 3.8) is 0 Å². The number of likely N-dealkylation sites (N-methyl/N-ethyl adjacent to an activating group) is 1. The van der Waals surface area contributed by atoms with Crippen molar-refractivity contribution in [3.8, 4) is 0 Å². The first-order valence-electron chi connectivity index (χ1n) is 5.46. The Morgan fingerprint density at radius 3 is 2.47 bits per heavy atom. The standard InChI is InChI=1S/C12H22N2O/c1-9(8-14(4)5)13-11(3)12-7-6-10(2)15-12/h6-7,9,11,13H,8H2,1-5H3. The van der Waals surface area contributed by atoms with Crippen LogP contribution in [0.3, 0.4) is 0 Å². The van der Waals surface area contributed by atoms with Crippen molar-refractivity contribution in [1.29, 1.82) is 0 Å². The van der Waals surface area contributed by atoms with Crippen LogP contribution in [0.1, 0.15) is 31.4 Å². The Hall–Kier alpha value is -0.800. The normalized spacial score (nSPS) is 15.6. The molecule has 1 aromatic heterocycles. The van der Waals surface area contributed by atoms with Crippen LogP contribution in [0.4, 0.5) is 0 Å². The van der Waals surface area contributed by atoms with Gasteiger partial charge >= 0.3 is 0 Å². The van der Waals surface area contributed by atoms with Gasteiger partial charge in [-0.3, -0.25) is 0 Å². The topological polar surface area (TPSA) is 28.4 Å². The van der Waals surface area contributed by atoms with Crippen LogP contribution < -0.4 is 5.32 Å². The molecule has 15 heavy (non-hydrogen) atoms. The summed E-state index contributed by atoms with van der Waals surface area (Å²) in [5.41, 5.74) is 0. The molecule has 0 aliphatic carbocycles. The van der Waals surface area contributed by atoms with Gasteiger partial charge in [0.2, 0.25) is 0 Å². The maximum atomic E-state index is 5.58. The molecule has 0 radical (unpaired) electrons. The number of hydrogen-bond acceptors (Lipinski definition) is 3. The van der Waals surface area contributed by atoms with E-state index in [1.54, 1.807) is 0 Å². The minimum Gasteiger partial charge on any atom is -0.465 e. The Kier molecular flexibility index (Phi) is 4.36. The lowest BCUT2D eigenvalue weighted by atomic mass is 10.2. The fraction of sp³-hybridized carbons (Fsp3) is 0.667. The molecular formula is C12H22N2O. The molecule has 86 valence electrons. The van der Waals surface area contributed by atoms with E-state index in [1.807, 2.05) is 19.1 Å². The van der Waals surface area contributed by atoms with Crippen molar-refractivity contribution in [2.24, 2.45) is 0 Å². The minimum absolute atomic E-state index is 0.272. The van der Waals surface area contributed by atoms with Gasteiger partial charge in [-0.05, 0) is 47.0 Å². The highest BCUT2D eigenvalue weighted by Gasteiger charge is 2.12. The summed E-state index contributed by atoms with van der Waals surface area (Å²) in [6.07, 6.45) is 0. The molecule has 0 saturated heterocycles. The number of rotatable bonds is 5. The zero-order valence-corrected chi connectivity index (χ0v) is 10.4. The molecule has 1 heterocycles. The van der Waals surface area contributed by atoms with E-state index in [2.05, 4.69) is 38.2 Å². The fourth-order valence-electron chi connectivity index (χ4n) is 1.80. The molecule has 2 unspecified atom stereocenters. The smallest absolute Gasteiger partial charge is 0.120 e. The van der Waals surface area contributed by atoms with E-state index in [0.29, 0.717) is 6.04 Å². The van der Waals surface area contributed by atoms with E-state index in [1.165, 1.54) is 0 Å². The Morgan fingerprint density at radius 1 is 1.33 bits per heavy atom. The third kappa shape index (κ3) is 4.06. The molecule has 1 N–H and O–H groups in total. The van der Waals surface area contributed by atoms with Gasteiger partial charge in [0.25, 0.3) is 0 Å². The van der Waals surface area contributed by atoms with Crippen molar-refractivity contribution < 1.29 is 4.42 Å². The molecular weight excluding hydrogens is 188 g/mol. The maximum absolute atomic E-state index is 5.58. The summed E-state index contributed by atoms with van der Waals surface area (Å²) in [7, 11) is 4.17. The predicted octanol–water partition coefficient (Wildman–Crippen LogP) is 2.19. The highest BCUT2D eigenvalue weighted by Crippen LogP contribution is 2.15. The summed E-state index contributed by atoms with van der Waals surface area (Å²) >= 11 is 0. The van der Waals surface area contributed by atoms with Crippen molar-refractivity contribution in [2.75, 3.05) is 20.6 Å². The number of furan rings is 1. The average molecular weight is 210 g/mol. The molecule has 0 aromatic carbocycles. The Balaban J connectivity index is 2.45. The third-order valence-electron chi connectivity index (χ3n) is 2.36. The minimum atomic E-state index is 0.272. The highest BCUT2D eigenvalue weighted by atomic mass is 16.3. The van der Waals surface area contributed by atoms with Crippen LogP contribution in [0.25, 0.3) is 0 Å². The SMILES string of the molecule is Cc1ccc(C(C)NC(C)CN(C)C)o1. The van der Waals surface area contributed by atoms with Crippen molar-refractivity contribution in [1.82, 2.24) is 10.2 Å². The van der Waals surface area contributed by atoms with Crippen molar-refractivity contribution in [3.05, 3.63) is 23.7 Å². The number of nitrogens with zero attached hydrogens (tertiary/aromatic N) is 1. The Morgan fingerprint density at radius 2 is 2.00 bits per heavy atom. The summed E-state index contributed by atoms with van der Waals surface area (Å²) in [4.78, 5) is 2.18. The third-order valence-corrected chi connectivity index (χ3v) is 2.36. The Labute approximate surface area is 92.5 Å². The second-order valence-electron chi connectivity index (χ2n) is 4.50. The van der Waals surface area contributed by atoms with Crippen LogP contribution in [-0.2, 0) is 0 Å². The molecule has 1 rings (SSSR count). The predicted molar refractivity (Wildman–Crippen MR) is 63.0 cm³/mol. The molecule has 3 nitrogen and oxygen atoms in total. The van der Waals surface area contributed by atoms with Gasteiger partial charge in [-0.25, -0.2) is 0 Å². The monoisotopic (exact) mass is 210 g/mol. The maximum Gasteiger partial charge on any atom is 0.120 e. The lowest BCUT2D eigenvalue weighted by molar-refractivity contribution is 0.317. The lowest BCUT2D eigenvalue weighted by Crippen LogP contribution is -2.37. The molecule has 0 aliphatic heterocycles. The van der Waals surface area contributed by atoms with Gasteiger partial charge in [-0.1, -0.05) is 0 Å². The lowest BCUT2D eigenvalue weighted by Gasteiger charge is -2.21. The Bertz CT molecular complexity index is 294. The van der Waals surface area contributed by atoms with E-state index in [0.717, 1.165) is 18.1 Å². The fourth-order valence-corrected chi connectivity index (χ4v) is 1.80. The van der Waals surface area contributed by atoms with Crippen LogP contribution in [0.2, 0.25) is 0 Å². The van der Waals surface area contributed by atoms with Crippen LogP contribution >= 0.6 is 0 Å². The van der Waals surface area contributed by atoms with Gasteiger partial charge in [0.05, 0.1) is 6.04 Å². The first-order chi connectivity index (χ1) is 6.99. The summed E-state index contributed by atoms with van der Waals surface area (Å²) in [5.74, 6) is 1.98. The van der Waals surface area contributed by atoms with Crippen molar-refractivity contribution in [2.45, 2.75) is 32.9 Å². The first-order valence-corrected chi connectivity index (χ1v) is 5.46. The van der Waals surface area contributed by atoms with Gasteiger partial charge in [-0.2, -0.15) is 0 Å². The summed E-state index contributed by atoms with van der Waals surface area (Å²) in [6, 6.07) is 4.77. The molecule has 0 amide bonds. The average Bonchev–Trinajstić information content (AvgIpc) is 2.49. The van der Waals surface area contributed by atoms with Gasteiger partial charge < -0.3 is 14.6 Å². The molecule has 3 heteroatoms. The van der Waals surface area contributed by atoms with E-state index in [9.17, 15) is 0 Å². The van der Waals surface area contributed by atoms with Crippen LogP contribution in [-0.4, -0.2) is 31.6 Å². The summed E-state index contributed by atoms with van der Waals surface area (Å²) in [5, 5.41) is 3.51. The van der Waals surface area contributed by atoms with Crippen LogP contribution in [0.5, 0.6) is 0 Å². The first kappa shape index (κ1) is 12.3. The summed E-state index contributed by atoms with van der Waals surface area (Å²) < 4.78 is 5.58. The molecule has 0 fully saturated rings. The largest absolute Gasteiger partial charge is 0.465 e. The molecule has 0 bridgehead atoms. The van der Waals surface area contributed by atoms with Crippen LogP contribution in [0, 0.1) is 6.92 Å². The second kappa shape index (κ2) is 5.33. The van der Waals surface area contributed by atoms with Gasteiger partial charge in [0, 0.05) is 12.6 Å². The summed E-state index contributed by atoms with van der Waals surface area (Å²) in [6.45, 7) is 7.32. The number of nitrogens with one attached hydrogen (secondary N) is 1. The van der Waals surface area contributed by atoms with E-state index < -0.39 is 0 Å². The zero-order valence-electron chi connectivity index (χ0n) is 10.4. The second-order valence-corrected chi connectivity index (χ2v) is 4.50. The van der Waals surface area contributed by atoms with E-state index in [4.69, 9.17) is 4.42 Å². The van der Waals surface area contributed by atoms with Gasteiger partial charge in [0.15, 0.2) is 0 Å². The van der Waals surface area contributed by atoms with Crippen LogP contribution in [0.15, 0.2) is 16.5 Å². The molecule has 0 aliphatic rings. The van der Waals surface area contributed by atoms with Gasteiger partial charge in [0.1, 0.15) is 11.5 Å². The molecule has 0 spiro atoms. The van der Waals surface area contributed by atoms with E-state index >= 15 is 0 Å². The highest BCUT2D eigenvalue weighted by molar-refractivity contribution is 5.09. The van der Waals surface area contributed by atoms with E-state index in [-0.39, 0.29) is 6.04 Å². The molecule has 2 atom stereocenters. The van der Waals surface area contributed by atoms with Crippen molar-refractivity contribution >= 4 is 0 Å². The quantitative estimate of drug-likeness (QED) is 0.807. The molecule has 0 saturated carbocycles. The molecule has 1 aromatic rings. The van der Waals surface area contributed by atoms with Gasteiger partial charge in [-0.15, -0.1) is 0 Å². The number of aryl methyl sites for hydroxylation is 1. The zero-order chi connectivity index (χ0) is 11.4. The number of hydrogen-bond donors (Lipinski definition) is 1.